The number of benzene rings is 2. The van der Waals surface area contributed by atoms with Gasteiger partial charge in [-0.25, -0.2) is 0 Å². The molecule has 2 aromatic carbocycles. The van der Waals surface area contributed by atoms with Crippen molar-refractivity contribution in [1.82, 2.24) is 14.9 Å². The topological polar surface area (TPSA) is 43.1 Å². The Morgan fingerprint density at radius 1 is 1.08 bits per heavy atom. The molecule has 0 bridgehead atoms. The van der Waals surface area contributed by atoms with E-state index in [4.69, 9.17) is 5.10 Å². The summed E-state index contributed by atoms with van der Waals surface area (Å²) < 4.78 is 1.94. The Morgan fingerprint density at radius 2 is 1.88 bits per heavy atom. The van der Waals surface area contributed by atoms with Gasteiger partial charge in [0.25, 0.3) is 0 Å². The van der Waals surface area contributed by atoms with Gasteiger partial charge in [-0.2, -0.15) is 9.78 Å². The predicted molar refractivity (Wildman–Crippen MR) is 107 cm³/mol. The summed E-state index contributed by atoms with van der Waals surface area (Å²) in [6.45, 7) is 6.49. The first-order valence-corrected chi connectivity index (χ1v) is 9.88. The first-order valence-electron chi connectivity index (χ1n) is 8.89. The highest BCUT2D eigenvalue weighted by Crippen LogP contribution is 2.27. The second-order valence-electron chi connectivity index (χ2n) is 6.88. The Bertz CT molecular complexity index is 959. The molecule has 1 aliphatic rings. The lowest BCUT2D eigenvalue weighted by atomic mass is 9.98. The third-order valence-corrected chi connectivity index (χ3v) is 5.73. The fourth-order valence-corrected chi connectivity index (χ4v) is 4.09. The van der Waals surface area contributed by atoms with Crippen molar-refractivity contribution in [3.05, 3.63) is 76.6 Å². The molecule has 1 atom stereocenters. The van der Waals surface area contributed by atoms with E-state index in [1.165, 1.54) is 22.3 Å². The van der Waals surface area contributed by atoms with E-state index >= 15 is 0 Å². The molecule has 0 aliphatic carbocycles. The number of rotatable bonds is 4. The number of aryl methyl sites for hydroxylation is 2. The minimum Gasteiger partial charge on any atom is -0.191 e. The van der Waals surface area contributed by atoms with Crippen LogP contribution in [0.25, 0.3) is 0 Å². The first-order chi connectivity index (χ1) is 12.6. The Kier molecular flexibility index (Phi) is 4.64. The van der Waals surface area contributed by atoms with E-state index < -0.39 is 0 Å². The van der Waals surface area contributed by atoms with Gasteiger partial charge in [0.1, 0.15) is 0 Å². The number of thioether (sulfide) groups is 1. The van der Waals surface area contributed by atoms with Gasteiger partial charge in [0.05, 0.1) is 5.71 Å². The van der Waals surface area contributed by atoms with Crippen LogP contribution in [0.15, 0.2) is 58.8 Å². The second-order valence-corrected chi connectivity index (χ2v) is 7.82. The summed E-state index contributed by atoms with van der Waals surface area (Å²) in [5.74, 6) is 2.12. The van der Waals surface area contributed by atoms with E-state index in [0.29, 0.717) is 5.92 Å². The zero-order chi connectivity index (χ0) is 18.1. The van der Waals surface area contributed by atoms with Crippen LogP contribution in [0.4, 0.5) is 0 Å². The maximum absolute atomic E-state index is 4.91. The van der Waals surface area contributed by atoms with Gasteiger partial charge in [-0.05, 0) is 37.0 Å². The molecule has 1 aromatic heterocycles. The molecule has 0 radical (unpaired) electrons. The van der Waals surface area contributed by atoms with Crippen molar-refractivity contribution in [1.29, 1.82) is 0 Å². The van der Waals surface area contributed by atoms with Crippen molar-refractivity contribution in [3.8, 4) is 0 Å². The van der Waals surface area contributed by atoms with Crippen LogP contribution >= 0.6 is 11.8 Å². The molecular weight excluding hydrogens is 340 g/mol. The predicted octanol–water partition coefficient (Wildman–Crippen LogP) is 4.60. The van der Waals surface area contributed by atoms with Crippen molar-refractivity contribution < 1.29 is 0 Å². The molecule has 0 N–H and O–H groups in total. The summed E-state index contributed by atoms with van der Waals surface area (Å²) >= 11 is 1.71. The molecule has 4 nitrogen and oxygen atoms in total. The van der Waals surface area contributed by atoms with Gasteiger partial charge in [-0.15, -0.1) is 10.2 Å². The van der Waals surface area contributed by atoms with Gasteiger partial charge in [-0.3, -0.25) is 0 Å². The van der Waals surface area contributed by atoms with Gasteiger partial charge < -0.3 is 0 Å². The van der Waals surface area contributed by atoms with Crippen molar-refractivity contribution in [2.45, 2.75) is 38.3 Å². The van der Waals surface area contributed by atoms with Crippen LogP contribution in [0, 0.1) is 13.8 Å². The molecular formula is C21H22N4S. The fourth-order valence-electron chi connectivity index (χ4n) is 3.25. The maximum Gasteiger partial charge on any atom is 0.212 e. The Morgan fingerprint density at radius 3 is 2.69 bits per heavy atom. The van der Waals surface area contributed by atoms with Crippen LogP contribution in [0.5, 0.6) is 0 Å². The maximum atomic E-state index is 4.91. The summed E-state index contributed by atoms with van der Waals surface area (Å²) in [6.07, 6.45) is 0.821. The van der Waals surface area contributed by atoms with Gasteiger partial charge in [0.2, 0.25) is 5.16 Å². The molecule has 2 heterocycles. The fraction of sp³-hybridized carbons (Fsp3) is 0.286. The van der Waals surface area contributed by atoms with Crippen molar-refractivity contribution in [2.24, 2.45) is 5.10 Å². The summed E-state index contributed by atoms with van der Waals surface area (Å²) in [5.41, 5.74) is 6.14. The molecule has 0 fully saturated rings. The highest BCUT2D eigenvalue weighted by atomic mass is 32.2. The normalized spacial score (nSPS) is 14.7. The lowest BCUT2D eigenvalue weighted by Crippen LogP contribution is -2.16. The quantitative estimate of drug-likeness (QED) is 0.681. The molecule has 4 rings (SSSR count). The third kappa shape index (κ3) is 3.31. The molecule has 26 heavy (non-hydrogen) atoms. The molecule has 0 amide bonds. The molecule has 1 aliphatic heterocycles. The molecule has 132 valence electrons. The van der Waals surface area contributed by atoms with Crippen LogP contribution in [0.2, 0.25) is 0 Å². The van der Waals surface area contributed by atoms with Crippen molar-refractivity contribution >= 4 is 17.5 Å². The molecule has 0 saturated carbocycles. The molecule has 3 aromatic rings. The lowest BCUT2D eigenvalue weighted by molar-refractivity contribution is 0.651. The van der Waals surface area contributed by atoms with Crippen molar-refractivity contribution in [2.75, 3.05) is 5.75 Å². The lowest BCUT2D eigenvalue weighted by Gasteiger charge is -2.17. The van der Waals surface area contributed by atoms with Gasteiger partial charge >= 0.3 is 0 Å². The minimum atomic E-state index is 0.371. The average Bonchev–Trinajstić information content (AvgIpc) is 3.06. The average molecular weight is 363 g/mol. The smallest absolute Gasteiger partial charge is 0.191 e. The van der Waals surface area contributed by atoms with Crippen molar-refractivity contribution in [3.63, 3.8) is 0 Å². The van der Waals surface area contributed by atoms with Gasteiger partial charge in [0.15, 0.2) is 5.82 Å². The minimum absolute atomic E-state index is 0.371. The van der Waals surface area contributed by atoms with Crippen LogP contribution in [0.1, 0.15) is 40.9 Å². The number of hydrogen-bond acceptors (Lipinski definition) is 4. The summed E-state index contributed by atoms with van der Waals surface area (Å²) in [5, 5.41) is 14.6. The Labute approximate surface area is 158 Å². The molecule has 5 heteroatoms. The summed E-state index contributed by atoms with van der Waals surface area (Å²) in [6, 6.07) is 17.1. The summed E-state index contributed by atoms with van der Waals surface area (Å²) in [4.78, 5) is 0. The zero-order valence-corrected chi connectivity index (χ0v) is 16.1. The number of nitrogens with zero attached hydrogens (tertiary/aromatic N) is 4. The standard InChI is InChI=1S/C21H22N4S/c1-14-9-10-15(2)18(11-14)19-13-26-21-23-22-20(25(21)24-19)12-16(3)17-7-5-4-6-8-17/h4-11,16H,12-13H2,1-3H3. The SMILES string of the molecule is Cc1ccc(C)c(C2=Nn3c(CC(C)c4ccccc4)nnc3SC2)c1. The molecule has 0 spiro atoms. The van der Waals surface area contributed by atoms with Gasteiger partial charge in [0, 0.05) is 17.7 Å². The molecule has 1 unspecified atom stereocenters. The number of hydrogen-bond donors (Lipinski definition) is 0. The highest BCUT2D eigenvalue weighted by Gasteiger charge is 2.22. The first kappa shape index (κ1) is 17.0. The van der Waals surface area contributed by atoms with Crippen LogP contribution in [0.3, 0.4) is 0 Å². The second kappa shape index (κ2) is 7.08. The van der Waals surface area contributed by atoms with E-state index in [1.807, 2.05) is 10.7 Å². The number of aromatic nitrogens is 3. The van der Waals surface area contributed by atoms with Gasteiger partial charge in [-0.1, -0.05) is 66.7 Å². The zero-order valence-electron chi connectivity index (χ0n) is 15.3. The molecule has 0 saturated heterocycles. The Balaban J connectivity index is 1.66. The van der Waals surface area contributed by atoms with Crippen LogP contribution < -0.4 is 0 Å². The van der Waals surface area contributed by atoms with E-state index in [2.05, 4.69) is 73.4 Å². The van der Waals surface area contributed by atoms with E-state index in [9.17, 15) is 0 Å². The number of fused-ring (bicyclic) bond motifs is 1. The van der Waals surface area contributed by atoms with E-state index in [1.54, 1.807) is 11.8 Å². The van der Waals surface area contributed by atoms with Crippen LogP contribution in [-0.2, 0) is 6.42 Å². The Hall–Kier alpha value is -2.40. The third-order valence-electron chi connectivity index (χ3n) is 4.80. The van der Waals surface area contributed by atoms with E-state index in [0.717, 1.165) is 28.9 Å². The highest BCUT2D eigenvalue weighted by molar-refractivity contribution is 7.99. The summed E-state index contributed by atoms with van der Waals surface area (Å²) in [7, 11) is 0. The van der Waals surface area contributed by atoms with Crippen LogP contribution in [-0.4, -0.2) is 26.3 Å². The van der Waals surface area contributed by atoms with E-state index in [-0.39, 0.29) is 0 Å². The monoisotopic (exact) mass is 362 g/mol. The largest absolute Gasteiger partial charge is 0.212 e.